The fourth-order valence-electron chi connectivity index (χ4n) is 4.91. The summed E-state index contributed by atoms with van der Waals surface area (Å²) in [6.45, 7) is 11.2. The summed E-state index contributed by atoms with van der Waals surface area (Å²) in [5.74, 6) is -1.42. The largest absolute Gasteiger partial charge is 0.366 e. The molecule has 1 unspecified atom stereocenters. The lowest BCUT2D eigenvalue weighted by Crippen LogP contribution is -2.43. The third-order valence-corrected chi connectivity index (χ3v) is 7.32. The minimum atomic E-state index is -0.827. The number of rotatable bonds is 6. The van der Waals surface area contributed by atoms with Crippen LogP contribution in [0.3, 0.4) is 0 Å². The monoisotopic (exact) mass is 526 g/mol. The zero-order valence-electron chi connectivity index (χ0n) is 23.0. The van der Waals surface area contributed by atoms with Crippen LogP contribution in [0.25, 0.3) is 10.8 Å². The number of carbonyl (C=O) groups excluding carboxylic acids is 1. The van der Waals surface area contributed by atoms with E-state index < -0.39 is 17.3 Å². The number of nitrogens with zero attached hydrogens (tertiary/aromatic N) is 1. The second-order valence-electron chi connectivity index (χ2n) is 11.4. The van der Waals surface area contributed by atoms with Crippen LogP contribution in [-0.4, -0.2) is 24.3 Å². The molecule has 1 amide bonds. The fraction of sp³-hybridized carbons (Fsp3) is 0.344. The van der Waals surface area contributed by atoms with E-state index >= 15 is 0 Å². The van der Waals surface area contributed by atoms with Gasteiger partial charge in [-0.25, -0.2) is 4.79 Å². The van der Waals surface area contributed by atoms with Crippen molar-refractivity contribution in [3.8, 4) is 0 Å². The molecule has 3 aromatic carbocycles. The number of benzene rings is 3. The van der Waals surface area contributed by atoms with Gasteiger partial charge in [0.2, 0.25) is 5.91 Å². The second kappa shape index (κ2) is 10.4. The average molecular weight is 527 g/mol. The Bertz CT molecular complexity index is 1560. The van der Waals surface area contributed by atoms with Crippen molar-refractivity contribution in [3.05, 3.63) is 105 Å². The van der Waals surface area contributed by atoms with Gasteiger partial charge in [-0.2, -0.15) is 0 Å². The van der Waals surface area contributed by atoms with Crippen molar-refractivity contribution in [2.75, 3.05) is 18.5 Å². The number of aromatic nitrogens is 1. The Morgan fingerprint density at radius 2 is 1.67 bits per heavy atom. The average Bonchev–Trinajstić information content (AvgIpc) is 2.91. The maximum Gasteiger partial charge on any atom is 0.366 e. The van der Waals surface area contributed by atoms with Crippen molar-refractivity contribution in [3.63, 3.8) is 0 Å². The molecule has 7 heteroatoms. The summed E-state index contributed by atoms with van der Waals surface area (Å²) in [5, 5.41) is 7.95. The molecule has 1 N–H and O–H groups in total. The lowest BCUT2D eigenvalue weighted by atomic mass is 9.89. The molecule has 1 saturated heterocycles. The van der Waals surface area contributed by atoms with E-state index in [9.17, 15) is 9.59 Å². The molecule has 2 heterocycles. The van der Waals surface area contributed by atoms with Crippen LogP contribution in [0.4, 0.5) is 5.69 Å². The first-order valence-electron chi connectivity index (χ1n) is 13.2. The molecular weight excluding hydrogens is 492 g/mol. The third kappa shape index (κ3) is 5.79. The predicted octanol–water partition coefficient (Wildman–Crippen LogP) is 6.02. The zero-order valence-corrected chi connectivity index (χ0v) is 23.0. The van der Waals surface area contributed by atoms with Crippen LogP contribution < -0.4 is 10.9 Å². The molecule has 1 fully saturated rings. The summed E-state index contributed by atoms with van der Waals surface area (Å²) < 4.78 is 17.1. The smallest absolute Gasteiger partial charge is 0.345 e. The highest BCUT2D eigenvalue weighted by molar-refractivity contribution is 5.98. The quantitative estimate of drug-likeness (QED) is 0.331. The molecule has 1 aliphatic heterocycles. The Kier molecular flexibility index (Phi) is 7.14. The number of ether oxygens (including phenoxy) is 2. The molecule has 5 rings (SSSR count). The number of fused-ring (bicyclic) bond motifs is 1. The Balaban J connectivity index is 1.44. The Morgan fingerprint density at radius 3 is 2.36 bits per heavy atom. The lowest BCUT2D eigenvalue weighted by Gasteiger charge is -2.41. The number of aryl methyl sites for hydroxylation is 2. The molecule has 7 nitrogen and oxygen atoms in total. The van der Waals surface area contributed by atoms with E-state index in [1.165, 1.54) is 0 Å². The van der Waals surface area contributed by atoms with E-state index in [1.807, 2.05) is 56.3 Å². The molecule has 0 radical (unpaired) electrons. The van der Waals surface area contributed by atoms with Gasteiger partial charge in [0.25, 0.3) is 0 Å². The van der Waals surface area contributed by atoms with Crippen LogP contribution in [0, 0.1) is 19.3 Å². The third-order valence-electron chi connectivity index (χ3n) is 7.32. The molecule has 4 aromatic rings. The van der Waals surface area contributed by atoms with E-state index in [0.29, 0.717) is 41.8 Å². The van der Waals surface area contributed by atoms with Gasteiger partial charge in [0, 0.05) is 22.1 Å². The maximum absolute atomic E-state index is 13.8. The van der Waals surface area contributed by atoms with Crippen molar-refractivity contribution < 1.29 is 18.8 Å². The molecule has 1 aliphatic rings. The van der Waals surface area contributed by atoms with Crippen LogP contribution in [-0.2, 0) is 26.5 Å². The van der Waals surface area contributed by atoms with Gasteiger partial charge >= 0.3 is 5.63 Å². The standard InChI is InChI=1S/C32H34N2O5/c1-20-7-6-8-22(15-20)16-28(23-9-11-24(12-10-23)32(5)37-18-31(3,4)19-38-32)29(35)33-25-13-14-26-27(17-25)21(2)34-39-30(26)36/h6-15,17,28H,16,18-19H2,1-5H3,(H,33,35). The van der Waals surface area contributed by atoms with Crippen molar-refractivity contribution in [2.45, 2.75) is 52.7 Å². The summed E-state index contributed by atoms with van der Waals surface area (Å²) in [4.78, 5) is 25.8. The number of anilines is 1. The zero-order chi connectivity index (χ0) is 27.8. The van der Waals surface area contributed by atoms with E-state index in [1.54, 1.807) is 25.1 Å². The summed E-state index contributed by atoms with van der Waals surface area (Å²) in [6, 6.07) is 21.2. The number of amides is 1. The first kappa shape index (κ1) is 26.8. The highest BCUT2D eigenvalue weighted by atomic mass is 16.7. The number of carbonyl (C=O) groups is 1. The molecule has 0 bridgehead atoms. The lowest BCUT2D eigenvalue weighted by molar-refractivity contribution is -0.298. The van der Waals surface area contributed by atoms with Gasteiger partial charge in [0.15, 0.2) is 5.79 Å². The number of hydrogen-bond acceptors (Lipinski definition) is 6. The van der Waals surface area contributed by atoms with Crippen molar-refractivity contribution in [1.29, 1.82) is 0 Å². The van der Waals surface area contributed by atoms with E-state index in [-0.39, 0.29) is 11.3 Å². The van der Waals surface area contributed by atoms with E-state index in [2.05, 4.69) is 30.4 Å². The SMILES string of the molecule is Cc1cccc(CC(C(=O)Nc2ccc3c(=O)onc(C)c3c2)c2ccc(C3(C)OCC(C)(C)CO3)cc2)c1. The molecular formula is C32H34N2O5. The molecule has 202 valence electrons. The summed E-state index contributed by atoms with van der Waals surface area (Å²) in [5.41, 5.74) is 4.64. The molecule has 1 atom stereocenters. The first-order valence-corrected chi connectivity index (χ1v) is 13.2. The van der Waals surface area contributed by atoms with Crippen molar-refractivity contribution in [2.24, 2.45) is 5.41 Å². The molecule has 39 heavy (non-hydrogen) atoms. The van der Waals surface area contributed by atoms with Crippen LogP contribution in [0.1, 0.15) is 54.6 Å². The predicted molar refractivity (Wildman–Crippen MR) is 151 cm³/mol. The van der Waals surface area contributed by atoms with Crippen LogP contribution in [0.5, 0.6) is 0 Å². The summed E-state index contributed by atoms with van der Waals surface area (Å²) in [6.07, 6.45) is 0.531. The van der Waals surface area contributed by atoms with Crippen LogP contribution in [0.2, 0.25) is 0 Å². The van der Waals surface area contributed by atoms with Gasteiger partial charge in [0.1, 0.15) is 0 Å². The Morgan fingerprint density at radius 1 is 0.949 bits per heavy atom. The Labute approximate surface area is 228 Å². The minimum Gasteiger partial charge on any atom is -0.345 e. The van der Waals surface area contributed by atoms with Gasteiger partial charge < -0.3 is 19.3 Å². The van der Waals surface area contributed by atoms with Crippen molar-refractivity contribution in [1.82, 2.24) is 5.16 Å². The molecule has 0 aliphatic carbocycles. The second-order valence-corrected chi connectivity index (χ2v) is 11.4. The van der Waals surface area contributed by atoms with E-state index in [4.69, 9.17) is 14.0 Å². The Hall–Kier alpha value is -3.81. The highest BCUT2D eigenvalue weighted by Gasteiger charge is 2.38. The van der Waals surface area contributed by atoms with Gasteiger partial charge in [-0.15, -0.1) is 0 Å². The maximum atomic E-state index is 13.8. The molecule has 0 saturated carbocycles. The van der Waals surface area contributed by atoms with Crippen LogP contribution in [0.15, 0.2) is 76.0 Å². The molecule has 1 aromatic heterocycles. The fourth-order valence-corrected chi connectivity index (χ4v) is 4.91. The normalized spacial score (nSPS) is 17.1. The topological polar surface area (TPSA) is 90.7 Å². The van der Waals surface area contributed by atoms with Crippen LogP contribution >= 0.6 is 0 Å². The highest BCUT2D eigenvalue weighted by Crippen LogP contribution is 2.37. The summed E-state index contributed by atoms with van der Waals surface area (Å²) >= 11 is 0. The van der Waals surface area contributed by atoms with Gasteiger partial charge in [-0.05, 0) is 56.5 Å². The number of hydrogen-bond donors (Lipinski definition) is 1. The van der Waals surface area contributed by atoms with E-state index in [0.717, 1.165) is 22.3 Å². The molecule has 0 spiro atoms. The number of nitrogens with one attached hydrogen (secondary N) is 1. The van der Waals surface area contributed by atoms with Gasteiger partial charge in [0.05, 0.1) is 30.2 Å². The van der Waals surface area contributed by atoms with Crippen molar-refractivity contribution >= 4 is 22.4 Å². The van der Waals surface area contributed by atoms with Gasteiger partial charge in [-0.3, -0.25) is 4.79 Å². The van der Waals surface area contributed by atoms with Gasteiger partial charge in [-0.1, -0.05) is 73.1 Å². The first-order chi connectivity index (χ1) is 18.5. The summed E-state index contributed by atoms with van der Waals surface area (Å²) in [7, 11) is 0. The minimum absolute atomic E-state index is 0.0299.